The van der Waals surface area contributed by atoms with Crippen LogP contribution in [0.3, 0.4) is 0 Å². The number of ether oxygens (including phenoxy) is 1. The Kier molecular flexibility index (Phi) is 5.36. The van der Waals surface area contributed by atoms with Crippen molar-refractivity contribution in [2.45, 2.75) is 32.0 Å². The second-order valence-corrected chi connectivity index (χ2v) is 9.10. The van der Waals surface area contributed by atoms with Crippen LogP contribution >= 0.6 is 0 Å². The van der Waals surface area contributed by atoms with E-state index >= 15 is 0 Å². The van der Waals surface area contributed by atoms with Crippen molar-refractivity contribution in [1.82, 2.24) is 9.88 Å². The maximum atomic E-state index is 13.7. The summed E-state index contributed by atoms with van der Waals surface area (Å²) >= 11 is 0. The van der Waals surface area contributed by atoms with Crippen molar-refractivity contribution in [2.75, 3.05) is 20.6 Å². The van der Waals surface area contributed by atoms with Gasteiger partial charge in [-0.25, -0.2) is 4.39 Å². The quantitative estimate of drug-likeness (QED) is 0.385. The van der Waals surface area contributed by atoms with Crippen LogP contribution in [-0.4, -0.2) is 30.5 Å². The number of fused-ring (bicyclic) bond motifs is 2. The third-order valence-corrected chi connectivity index (χ3v) is 6.69. The molecule has 0 aliphatic carbocycles. The SMILES string of the molecule is Cc1ccc2[nH]ccc2c1-c1ccc2c(c1)COC2(CCCN(C)C)c1ccc(F)cc1. The van der Waals surface area contributed by atoms with Crippen LogP contribution in [0, 0.1) is 12.7 Å². The molecule has 0 fully saturated rings. The highest BCUT2D eigenvalue weighted by molar-refractivity contribution is 5.97. The van der Waals surface area contributed by atoms with E-state index < -0.39 is 5.60 Å². The molecule has 0 bridgehead atoms. The molecule has 5 rings (SSSR count). The lowest BCUT2D eigenvalue weighted by Gasteiger charge is -2.31. The Bertz CT molecular complexity index is 1260. The highest BCUT2D eigenvalue weighted by Crippen LogP contribution is 2.47. The minimum atomic E-state index is -0.535. The average molecular weight is 429 g/mol. The highest BCUT2D eigenvalue weighted by Gasteiger charge is 2.41. The fourth-order valence-electron chi connectivity index (χ4n) is 5.12. The van der Waals surface area contributed by atoms with Gasteiger partial charge in [-0.05, 0) is 104 Å². The molecule has 2 heterocycles. The Labute approximate surface area is 188 Å². The van der Waals surface area contributed by atoms with Gasteiger partial charge >= 0.3 is 0 Å². The fourth-order valence-corrected chi connectivity index (χ4v) is 5.12. The standard InChI is InChI=1S/C28H29FN2O/c1-19-5-12-26-24(13-15-30-26)27(19)20-6-11-25-21(17-20)18-32-28(25,14-4-16-31(2)3)22-7-9-23(29)10-8-22/h5-13,15,17,30H,4,14,16,18H2,1-3H3. The first-order valence-corrected chi connectivity index (χ1v) is 11.2. The van der Waals surface area contributed by atoms with Crippen LogP contribution in [-0.2, 0) is 16.9 Å². The van der Waals surface area contributed by atoms with Crippen molar-refractivity contribution in [2.24, 2.45) is 0 Å². The van der Waals surface area contributed by atoms with E-state index in [9.17, 15) is 4.39 Å². The lowest BCUT2D eigenvalue weighted by molar-refractivity contribution is -0.0140. The zero-order valence-electron chi connectivity index (χ0n) is 18.9. The van der Waals surface area contributed by atoms with Crippen LogP contribution < -0.4 is 0 Å². The fraction of sp³-hybridized carbons (Fsp3) is 0.286. The molecule has 0 amide bonds. The molecule has 164 valence electrons. The smallest absolute Gasteiger partial charge is 0.123 e. The molecule has 4 heteroatoms. The molecule has 3 aromatic carbocycles. The molecule has 32 heavy (non-hydrogen) atoms. The Morgan fingerprint density at radius 1 is 1.03 bits per heavy atom. The second-order valence-electron chi connectivity index (χ2n) is 9.10. The first-order valence-electron chi connectivity index (χ1n) is 11.2. The third kappa shape index (κ3) is 3.54. The molecule has 3 nitrogen and oxygen atoms in total. The zero-order chi connectivity index (χ0) is 22.3. The van der Waals surface area contributed by atoms with Crippen LogP contribution in [0.4, 0.5) is 4.39 Å². The number of aromatic amines is 1. The number of hydrogen-bond acceptors (Lipinski definition) is 2. The van der Waals surface area contributed by atoms with E-state index in [1.165, 1.54) is 45.3 Å². The maximum absolute atomic E-state index is 13.7. The summed E-state index contributed by atoms with van der Waals surface area (Å²) < 4.78 is 20.2. The van der Waals surface area contributed by atoms with Gasteiger partial charge in [0.1, 0.15) is 11.4 Å². The minimum absolute atomic E-state index is 0.221. The topological polar surface area (TPSA) is 28.3 Å². The monoisotopic (exact) mass is 428 g/mol. The van der Waals surface area contributed by atoms with E-state index in [1.54, 1.807) is 0 Å². The van der Waals surface area contributed by atoms with Gasteiger partial charge in [0.2, 0.25) is 0 Å². The number of nitrogens with one attached hydrogen (secondary N) is 1. The molecule has 1 N–H and O–H groups in total. The van der Waals surface area contributed by atoms with E-state index in [0.717, 1.165) is 30.5 Å². The first-order chi connectivity index (χ1) is 15.5. The van der Waals surface area contributed by atoms with Gasteiger partial charge in [0.05, 0.1) is 6.61 Å². The summed E-state index contributed by atoms with van der Waals surface area (Å²) in [4.78, 5) is 5.51. The Balaban J connectivity index is 1.59. The summed E-state index contributed by atoms with van der Waals surface area (Å²) in [6.45, 7) is 3.70. The molecule has 0 spiro atoms. The van der Waals surface area contributed by atoms with E-state index in [1.807, 2.05) is 18.3 Å². The normalized spacial score (nSPS) is 17.9. The number of benzene rings is 3. The number of halogens is 1. The van der Waals surface area contributed by atoms with Crippen LogP contribution in [0.25, 0.3) is 22.0 Å². The van der Waals surface area contributed by atoms with Crippen molar-refractivity contribution >= 4 is 10.9 Å². The number of aryl methyl sites for hydroxylation is 1. The van der Waals surface area contributed by atoms with Gasteiger partial charge in [0.25, 0.3) is 0 Å². The van der Waals surface area contributed by atoms with Gasteiger partial charge in [-0.15, -0.1) is 0 Å². The molecule has 1 aromatic heterocycles. The van der Waals surface area contributed by atoms with Crippen molar-refractivity contribution < 1.29 is 9.13 Å². The highest BCUT2D eigenvalue weighted by atomic mass is 19.1. The van der Waals surface area contributed by atoms with E-state index in [0.29, 0.717) is 6.61 Å². The Morgan fingerprint density at radius 3 is 2.62 bits per heavy atom. The van der Waals surface area contributed by atoms with E-state index in [2.05, 4.69) is 67.3 Å². The molecule has 0 saturated carbocycles. The van der Waals surface area contributed by atoms with Crippen LogP contribution in [0.2, 0.25) is 0 Å². The van der Waals surface area contributed by atoms with E-state index in [-0.39, 0.29) is 5.82 Å². The predicted octanol–water partition coefficient (Wildman–Crippen LogP) is 6.40. The molecular weight excluding hydrogens is 399 g/mol. The van der Waals surface area contributed by atoms with Gasteiger partial charge in [0, 0.05) is 17.1 Å². The lowest BCUT2D eigenvalue weighted by atomic mass is 9.81. The maximum Gasteiger partial charge on any atom is 0.123 e. The van der Waals surface area contributed by atoms with Gasteiger partial charge < -0.3 is 14.6 Å². The van der Waals surface area contributed by atoms with Crippen molar-refractivity contribution in [3.63, 3.8) is 0 Å². The average Bonchev–Trinajstić information content (AvgIpc) is 3.39. The van der Waals surface area contributed by atoms with Crippen LogP contribution in [0.15, 0.2) is 66.9 Å². The Morgan fingerprint density at radius 2 is 1.84 bits per heavy atom. The molecule has 1 atom stereocenters. The predicted molar refractivity (Wildman–Crippen MR) is 128 cm³/mol. The van der Waals surface area contributed by atoms with Crippen molar-refractivity contribution in [3.05, 3.63) is 94.9 Å². The number of H-pyrrole nitrogens is 1. The number of hydrogen-bond donors (Lipinski definition) is 1. The molecular formula is C28H29FN2O. The lowest BCUT2D eigenvalue weighted by Crippen LogP contribution is -2.28. The van der Waals surface area contributed by atoms with Crippen LogP contribution in [0.1, 0.15) is 35.1 Å². The molecule has 1 aliphatic heterocycles. The molecule has 1 aliphatic rings. The minimum Gasteiger partial charge on any atom is -0.361 e. The summed E-state index contributed by atoms with van der Waals surface area (Å²) in [5.74, 6) is -0.221. The summed E-state index contributed by atoms with van der Waals surface area (Å²) in [7, 11) is 4.18. The van der Waals surface area contributed by atoms with Gasteiger partial charge in [-0.3, -0.25) is 0 Å². The van der Waals surface area contributed by atoms with Crippen molar-refractivity contribution in [1.29, 1.82) is 0 Å². The molecule has 0 saturated heterocycles. The Hall–Kier alpha value is -2.95. The number of nitrogens with zero attached hydrogens (tertiary/aromatic N) is 1. The largest absolute Gasteiger partial charge is 0.361 e. The summed E-state index contributed by atoms with van der Waals surface area (Å²) in [5, 5.41) is 1.24. The van der Waals surface area contributed by atoms with Gasteiger partial charge in [0.15, 0.2) is 0 Å². The molecule has 4 aromatic rings. The summed E-state index contributed by atoms with van der Waals surface area (Å²) in [5.41, 5.74) is 7.77. The third-order valence-electron chi connectivity index (χ3n) is 6.69. The van der Waals surface area contributed by atoms with Gasteiger partial charge in [-0.1, -0.05) is 30.3 Å². The molecule has 1 unspecified atom stereocenters. The summed E-state index contributed by atoms with van der Waals surface area (Å²) in [6, 6.07) is 20.0. The van der Waals surface area contributed by atoms with Crippen molar-refractivity contribution in [3.8, 4) is 11.1 Å². The summed E-state index contributed by atoms with van der Waals surface area (Å²) in [6.07, 6.45) is 3.84. The molecule has 0 radical (unpaired) electrons. The second kappa shape index (κ2) is 8.19. The van der Waals surface area contributed by atoms with Crippen LogP contribution in [0.5, 0.6) is 0 Å². The number of aromatic nitrogens is 1. The first kappa shape index (κ1) is 20.9. The van der Waals surface area contributed by atoms with E-state index in [4.69, 9.17) is 4.74 Å². The van der Waals surface area contributed by atoms with Gasteiger partial charge in [-0.2, -0.15) is 0 Å². The number of rotatable bonds is 6. The zero-order valence-corrected chi connectivity index (χ0v) is 18.9.